The van der Waals surface area contributed by atoms with Gasteiger partial charge in [0.2, 0.25) is 0 Å². The third-order valence-corrected chi connectivity index (χ3v) is 3.10. The minimum absolute atomic E-state index is 0.288. The average Bonchev–Trinajstić information content (AvgIpc) is 2.56. The maximum absolute atomic E-state index is 11.9. The van der Waals surface area contributed by atoms with Crippen LogP contribution in [0.3, 0.4) is 0 Å². The molecule has 0 unspecified atom stereocenters. The van der Waals surface area contributed by atoms with Crippen LogP contribution in [-0.2, 0) is 4.79 Å². The standard InChI is InChI=1S/C19H18O4/c1-3-22-18-12-16(13-20)8-10-17(18)23-19(21)11-9-15-6-4-14(2)5-7-15/h4-13H,3H2,1-2H3/b11-9+. The summed E-state index contributed by atoms with van der Waals surface area (Å²) < 4.78 is 10.7. The summed E-state index contributed by atoms with van der Waals surface area (Å²) in [7, 11) is 0. The highest BCUT2D eigenvalue weighted by Crippen LogP contribution is 2.28. The Morgan fingerprint density at radius 1 is 1.04 bits per heavy atom. The molecular formula is C19H18O4. The summed E-state index contributed by atoms with van der Waals surface area (Å²) in [6.07, 6.45) is 3.75. The molecule has 0 aliphatic heterocycles. The van der Waals surface area contributed by atoms with Crippen molar-refractivity contribution in [3.05, 3.63) is 65.2 Å². The molecule has 0 amide bonds. The summed E-state index contributed by atoms with van der Waals surface area (Å²) in [5, 5.41) is 0. The van der Waals surface area contributed by atoms with Gasteiger partial charge in [-0.15, -0.1) is 0 Å². The molecule has 0 aromatic heterocycles. The first-order chi connectivity index (χ1) is 11.1. The van der Waals surface area contributed by atoms with Gasteiger partial charge in [0.1, 0.15) is 6.29 Å². The van der Waals surface area contributed by atoms with Gasteiger partial charge in [-0.3, -0.25) is 4.79 Å². The van der Waals surface area contributed by atoms with Gasteiger partial charge in [-0.05, 0) is 43.7 Å². The van der Waals surface area contributed by atoms with Crippen LogP contribution in [0.1, 0.15) is 28.4 Å². The Morgan fingerprint density at radius 3 is 2.39 bits per heavy atom. The van der Waals surface area contributed by atoms with Gasteiger partial charge in [0.05, 0.1) is 6.61 Å². The topological polar surface area (TPSA) is 52.6 Å². The predicted molar refractivity (Wildman–Crippen MR) is 88.8 cm³/mol. The van der Waals surface area contributed by atoms with Crippen LogP contribution in [0.15, 0.2) is 48.5 Å². The van der Waals surface area contributed by atoms with E-state index in [4.69, 9.17) is 9.47 Å². The fourth-order valence-electron chi connectivity index (χ4n) is 1.93. The molecule has 0 fully saturated rings. The van der Waals surface area contributed by atoms with E-state index < -0.39 is 5.97 Å². The van der Waals surface area contributed by atoms with E-state index in [1.807, 2.05) is 38.1 Å². The van der Waals surface area contributed by atoms with Crippen LogP contribution in [0.2, 0.25) is 0 Å². The van der Waals surface area contributed by atoms with Crippen LogP contribution >= 0.6 is 0 Å². The fraction of sp³-hybridized carbons (Fsp3) is 0.158. The molecule has 0 radical (unpaired) electrons. The number of aryl methyl sites for hydroxylation is 1. The van der Waals surface area contributed by atoms with Crippen molar-refractivity contribution >= 4 is 18.3 Å². The quantitative estimate of drug-likeness (QED) is 0.352. The lowest BCUT2D eigenvalue weighted by molar-refractivity contribution is -0.129. The lowest BCUT2D eigenvalue weighted by Crippen LogP contribution is -2.06. The molecule has 0 N–H and O–H groups in total. The Bertz CT molecular complexity index is 715. The van der Waals surface area contributed by atoms with Gasteiger partial charge >= 0.3 is 5.97 Å². The minimum atomic E-state index is -0.509. The molecule has 0 heterocycles. The van der Waals surface area contributed by atoms with E-state index >= 15 is 0 Å². The van der Waals surface area contributed by atoms with Gasteiger partial charge in [0.15, 0.2) is 11.5 Å². The highest BCUT2D eigenvalue weighted by Gasteiger charge is 2.09. The largest absolute Gasteiger partial charge is 0.490 e. The molecule has 2 aromatic carbocycles. The molecule has 4 heteroatoms. The molecule has 23 heavy (non-hydrogen) atoms. The van der Waals surface area contributed by atoms with Crippen molar-refractivity contribution in [2.75, 3.05) is 6.61 Å². The van der Waals surface area contributed by atoms with E-state index in [0.29, 0.717) is 24.2 Å². The number of aldehydes is 1. The van der Waals surface area contributed by atoms with Crippen LogP contribution in [0.25, 0.3) is 6.08 Å². The molecular weight excluding hydrogens is 292 g/mol. The predicted octanol–water partition coefficient (Wildman–Crippen LogP) is 3.83. The first-order valence-electron chi connectivity index (χ1n) is 7.31. The first kappa shape index (κ1) is 16.5. The van der Waals surface area contributed by atoms with Crippen molar-refractivity contribution in [2.45, 2.75) is 13.8 Å². The second-order valence-corrected chi connectivity index (χ2v) is 4.92. The minimum Gasteiger partial charge on any atom is -0.490 e. The number of ether oxygens (including phenoxy) is 2. The highest BCUT2D eigenvalue weighted by molar-refractivity contribution is 5.89. The van der Waals surface area contributed by atoms with Crippen LogP contribution in [-0.4, -0.2) is 18.9 Å². The molecule has 0 aliphatic rings. The van der Waals surface area contributed by atoms with Crippen LogP contribution < -0.4 is 9.47 Å². The molecule has 0 saturated carbocycles. The summed E-state index contributed by atoms with van der Waals surface area (Å²) >= 11 is 0. The number of esters is 1. The Balaban J connectivity index is 2.10. The van der Waals surface area contributed by atoms with Crippen molar-refractivity contribution in [1.82, 2.24) is 0 Å². The lowest BCUT2D eigenvalue weighted by atomic mass is 10.1. The number of benzene rings is 2. The first-order valence-corrected chi connectivity index (χ1v) is 7.31. The number of carbonyl (C=O) groups is 2. The molecule has 0 spiro atoms. The number of rotatable bonds is 6. The van der Waals surface area contributed by atoms with Gasteiger partial charge in [0, 0.05) is 11.6 Å². The van der Waals surface area contributed by atoms with Crippen LogP contribution in [0.4, 0.5) is 0 Å². The van der Waals surface area contributed by atoms with E-state index in [0.717, 1.165) is 11.1 Å². The fourth-order valence-corrected chi connectivity index (χ4v) is 1.93. The number of carbonyl (C=O) groups excluding carboxylic acids is 2. The molecule has 2 rings (SSSR count). The molecule has 0 aliphatic carbocycles. The lowest BCUT2D eigenvalue weighted by Gasteiger charge is -2.09. The molecule has 4 nitrogen and oxygen atoms in total. The summed E-state index contributed by atoms with van der Waals surface area (Å²) in [6.45, 7) is 4.22. The van der Waals surface area contributed by atoms with Crippen LogP contribution in [0, 0.1) is 6.92 Å². The van der Waals surface area contributed by atoms with Gasteiger partial charge in [0.25, 0.3) is 0 Å². The summed E-state index contributed by atoms with van der Waals surface area (Å²) in [4.78, 5) is 22.7. The summed E-state index contributed by atoms with van der Waals surface area (Å²) in [6, 6.07) is 12.4. The SMILES string of the molecule is CCOc1cc(C=O)ccc1OC(=O)/C=C/c1ccc(C)cc1. The zero-order chi connectivity index (χ0) is 16.7. The van der Waals surface area contributed by atoms with Crippen molar-refractivity contribution in [3.63, 3.8) is 0 Å². The molecule has 0 atom stereocenters. The summed E-state index contributed by atoms with van der Waals surface area (Å²) in [5.74, 6) is 0.149. The third kappa shape index (κ3) is 4.81. The van der Waals surface area contributed by atoms with Crippen molar-refractivity contribution < 1.29 is 19.1 Å². The van der Waals surface area contributed by atoms with E-state index in [-0.39, 0.29) is 5.75 Å². The van der Waals surface area contributed by atoms with Gasteiger partial charge < -0.3 is 9.47 Å². The normalized spacial score (nSPS) is 10.5. The number of hydrogen-bond acceptors (Lipinski definition) is 4. The van der Waals surface area contributed by atoms with E-state index in [2.05, 4.69) is 0 Å². The smallest absolute Gasteiger partial charge is 0.336 e. The maximum Gasteiger partial charge on any atom is 0.336 e. The van der Waals surface area contributed by atoms with Crippen molar-refractivity contribution in [2.24, 2.45) is 0 Å². The van der Waals surface area contributed by atoms with Crippen molar-refractivity contribution in [1.29, 1.82) is 0 Å². The molecule has 2 aromatic rings. The Labute approximate surface area is 135 Å². The average molecular weight is 310 g/mol. The Hall–Kier alpha value is -2.88. The highest BCUT2D eigenvalue weighted by atomic mass is 16.6. The molecule has 118 valence electrons. The van der Waals surface area contributed by atoms with E-state index in [9.17, 15) is 9.59 Å². The number of hydrogen-bond donors (Lipinski definition) is 0. The summed E-state index contributed by atoms with van der Waals surface area (Å²) in [5.41, 5.74) is 2.53. The van der Waals surface area contributed by atoms with Crippen LogP contribution in [0.5, 0.6) is 11.5 Å². The monoisotopic (exact) mass is 310 g/mol. The van der Waals surface area contributed by atoms with Gasteiger partial charge in [-0.2, -0.15) is 0 Å². The third-order valence-electron chi connectivity index (χ3n) is 3.10. The zero-order valence-electron chi connectivity index (χ0n) is 13.1. The molecule has 0 saturated heterocycles. The van der Waals surface area contributed by atoms with E-state index in [1.165, 1.54) is 6.08 Å². The van der Waals surface area contributed by atoms with Gasteiger partial charge in [-0.1, -0.05) is 29.8 Å². The van der Waals surface area contributed by atoms with Gasteiger partial charge in [-0.25, -0.2) is 4.79 Å². The Kier molecular flexibility index (Phi) is 5.69. The Morgan fingerprint density at radius 2 is 1.74 bits per heavy atom. The maximum atomic E-state index is 11.9. The van der Waals surface area contributed by atoms with Crippen molar-refractivity contribution in [3.8, 4) is 11.5 Å². The zero-order valence-corrected chi connectivity index (χ0v) is 13.1. The second-order valence-electron chi connectivity index (χ2n) is 4.92. The van der Waals surface area contributed by atoms with E-state index in [1.54, 1.807) is 24.3 Å². The second kappa shape index (κ2) is 7.94. The molecule has 0 bridgehead atoms.